The Labute approximate surface area is 158 Å². The molecule has 136 valence electrons. The van der Waals surface area contributed by atoms with Crippen LogP contribution in [0.25, 0.3) is 0 Å². The van der Waals surface area contributed by atoms with E-state index in [1.54, 1.807) is 11.3 Å². The molecule has 4 rings (SSSR count). The molecule has 1 fully saturated rings. The van der Waals surface area contributed by atoms with E-state index in [1.807, 2.05) is 4.68 Å². The van der Waals surface area contributed by atoms with Crippen LogP contribution in [0.2, 0.25) is 0 Å². The lowest BCUT2D eigenvalue weighted by Crippen LogP contribution is -2.38. The summed E-state index contributed by atoms with van der Waals surface area (Å²) >= 11 is 1.80. The van der Waals surface area contributed by atoms with Crippen LogP contribution in [-0.2, 0) is 13.0 Å². The van der Waals surface area contributed by atoms with Gasteiger partial charge >= 0.3 is 0 Å². The maximum absolute atomic E-state index is 4.45. The Morgan fingerprint density at radius 3 is 2.85 bits per heavy atom. The molecule has 0 unspecified atom stereocenters. The second-order valence-corrected chi connectivity index (χ2v) is 8.14. The molecule has 0 saturated carbocycles. The molecule has 2 atom stereocenters. The standard InChI is InChI=1S/C20H25N5S/c1-16-7-5-12-24(15-16)19(18-10-6-14-26-18)20-21-22-23-25(20)13-11-17-8-3-2-4-9-17/h2-4,6,8-10,14,16,19H,5,7,11-13,15H2,1H3/t16-,19-/m0/s1. The second-order valence-electron chi connectivity index (χ2n) is 7.16. The molecule has 6 heteroatoms. The summed E-state index contributed by atoms with van der Waals surface area (Å²) < 4.78 is 2.00. The van der Waals surface area contributed by atoms with E-state index < -0.39 is 0 Å². The summed E-state index contributed by atoms with van der Waals surface area (Å²) in [5.41, 5.74) is 1.31. The minimum Gasteiger partial charge on any atom is -0.289 e. The third-order valence-electron chi connectivity index (χ3n) is 5.13. The second kappa shape index (κ2) is 8.10. The first-order chi connectivity index (χ1) is 12.8. The fourth-order valence-electron chi connectivity index (χ4n) is 3.82. The summed E-state index contributed by atoms with van der Waals surface area (Å²) in [6, 6.07) is 15.0. The van der Waals surface area contributed by atoms with Gasteiger partial charge in [-0.25, -0.2) is 4.68 Å². The van der Waals surface area contributed by atoms with Crippen molar-refractivity contribution in [2.75, 3.05) is 13.1 Å². The zero-order chi connectivity index (χ0) is 17.8. The van der Waals surface area contributed by atoms with Crippen LogP contribution in [-0.4, -0.2) is 38.2 Å². The quantitative estimate of drug-likeness (QED) is 0.665. The van der Waals surface area contributed by atoms with Gasteiger partial charge < -0.3 is 0 Å². The van der Waals surface area contributed by atoms with E-state index in [9.17, 15) is 0 Å². The number of rotatable bonds is 6. The molecule has 0 N–H and O–H groups in total. The number of aromatic nitrogens is 4. The van der Waals surface area contributed by atoms with Crippen molar-refractivity contribution in [3.05, 3.63) is 64.1 Å². The number of hydrogen-bond donors (Lipinski definition) is 0. The van der Waals surface area contributed by atoms with Crippen LogP contribution in [0.1, 0.15) is 42.1 Å². The molecule has 0 aliphatic carbocycles. The number of aryl methyl sites for hydroxylation is 2. The Balaban J connectivity index is 1.59. The number of tetrazole rings is 1. The number of benzene rings is 1. The van der Waals surface area contributed by atoms with Crippen LogP contribution in [0.3, 0.4) is 0 Å². The molecule has 3 aromatic rings. The Morgan fingerprint density at radius 2 is 2.08 bits per heavy atom. The third kappa shape index (κ3) is 3.86. The zero-order valence-electron chi connectivity index (χ0n) is 15.2. The minimum absolute atomic E-state index is 0.156. The number of hydrogen-bond acceptors (Lipinski definition) is 5. The van der Waals surface area contributed by atoms with E-state index in [1.165, 1.54) is 23.3 Å². The van der Waals surface area contributed by atoms with Gasteiger partial charge in [-0.15, -0.1) is 16.4 Å². The Morgan fingerprint density at radius 1 is 1.19 bits per heavy atom. The van der Waals surface area contributed by atoms with Crippen molar-refractivity contribution in [3.8, 4) is 0 Å². The van der Waals surface area contributed by atoms with Crippen molar-refractivity contribution in [2.24, 2.45) is 5.92 Å². The molecule has 1 aliphatic rings. The predicted molar refractivity (Wildman–Crippen MR) is 104 cm³/mol. The first kappa shape index (κ1) is 17.4. The van der Waals surface area contributed by atoms with Gasteiger partial charge in [-0.05, 0) is 59.2 Å². The lowest BCUT2D eigenvalue weighted by molar-refractivity contribution is 0.143. The SMILES string of the molecule is C[C@H]1CCCN([C@@H](c2cccs2)c2nnnn2CCc2ccccc2)C1. The molecule has 1 saturated heterocycles. The van der Waals surface area contributed by atoms with Crippen LogP contribution in [0.15, 0.2) is 47.8 Å². The first-order valence-electron chi connectivity index (χ1n) is 9.38. The van der Waals surface area contributed by atoms with Gasteiger partial charge in [0.15, 0.2) is 5.82 Å². The highest BCUT2D eigenvalue weighted by molar-refractivity contribution is 7.10. The smallest absolute Gasteiger partial charge is 0.173 e. The maximum atomic E-state index is 4.45. The zero-order valence-corrected chi connectivity index (χ0v) is 16.0. The molecule has 1 aromatic carbocycles. The molecule has 0 amide bonds. The van der Waals surface area contributed by atoms with Crippen molar-refractivity contribution in [1.29, 1.82) is 0 Å². The highest BCUT2D eigenvalue weighted by Crippen LogP contribution is 2.33. The van der Waals surface area contributed by atoms with Crippen molar-refractivity contribution in [3.63, 3.8) is 0 Å². The van der Waals surface area contributed by atoms with E-state index in [0.29, 0.717) is 0 Å². The van der Waals surface area contributed by atoms with Crippen molar-refractivity contribution in [2.45, 2.75) is 38.8 Å². The predicted octanol–water partition coefficient (Wildman–Crippen LogP) is 3.80. The number of nitrogens with zero attached hydrogens (tertiary/aromatic N) is 5. The van der Waals surface area contributed by atoms with Crippen LogP contribution in [0.4, 0.5) is 0 Å². The molecule has 2 aromatic heterocycles. The summed E-state index contributed by atoms with van der Waals surface area (Å²) in [5, 5.41) is 14.9. The van der Waals surface area contributed by atoms with Crippen molar-refractivity contribution in [1.82, 2.24) is 25.1 Å². The molecule has 3 heterocycles. The van der Waals surface area contributed by atoms with Gasteiger partial charge in [0.05, 0.1) is 0 Å². The van der Waals surface area contributed by atoms with Gasteiger partial charge in [0, 0.05) is 18.0 Å². The molecule has 26 heavy (non-hydrogen) atoms. The molecular formula is C20H25N5S. The summed E-state index contributed by atoms with van der Waals surface area (Å²) in [6.45, 7) is 5.36. The normalized spacial score (nSPS) is 19.5. The topological polar surface area (TPSA) is 46.8 Å². The van der Waals surface area contributed by atoms with Gasteiger partial charge in [0.25, 0.3) is 0 Å². The van der Waals surface area contributed by atoms with Crippen LogP contribution < -0.4 is 0 Å². The Bertz CT molecular complexity index is 799. The lowest BCUT2D eigenvalue weighted by Gasteiger charge is -2.36. The summed E-state index contributed by atoms with van der Waals surface area (Å²) in [5.74, 6) is 1.69. The molecule has 0 spiro atoms. The van der Waals surface area contributed by atoms with Gasteiger partial charge in [-0.2, -0.15) is 0 Å². The highest BCUT2D eigenvalue weighted by Gasteiger charge is 2.31. The molecule has 0 bridgehead atoms. The molecule has 5 nitrogen and oxygen atoms in total. The fourth-order valence-corrected chi connectivity index (χ4v) is 4.68. The van der Waals surface area contributed by atoms with Gasteiger partial charge in [0.1, 0.15) is 6.04 Å². The number of piperidine rings is 1. The average molecular weight is 368 g/mol. The van der Waals surface area contributed by atoms with E-state index in [0.717, 1.165) is 37.8 Å². The van der Waals surface area contributed by atoms with E-state index in [2.05, 4.69) is 75.2 Å². The van der Waals surface area contributed by atoms with E-state index in [4.69, 9.17) is 0 Å². The van der Waals surface area contributed by atoms with Crippen molar-refractivity contribution >= 4 is 11.3 Å². The number of thiophene rings is 1. The summed E-state index contributed by atoms with van der Waals surface area (Å²) in [6.07, 6.45) is 3.49. The van der Waals surface area contributed by atoms with Crippen LogP contribution in [0, 0.1) is 5.92 Å². The molecular weight excluding hydrogens is 342 g/mol. The third-order valence-corrected chi connectivity index (χ3v) is 6.05. The van der Waals surface area contributed by atoms with Gasteiger partial charge in [-0.3, -0.25) is 4.90 Å². The Kier molecular flexibility index (Phi) is 5.41. The summed E-state index contributed by atoms with van der Waals surface area (Å²) in [4.78, 5) is 3.89. The van der Waals surface area contributed by atoms with E-state index >= 15 is 0 Å². The Hall–Kier alpha value is -2.05. The van der Waals surface area contributed by atoms with Crippen molar-refractivity contribution < 1.29 is 0 Å². The minimum atomic E-state index is 0.156. The first-order valence-corrected chi connectivity index (χ1v) is 10.3. The lowest BCUT2D eigenvalue weighted by atomic mass is 9.98. The number of likely N-dealkylation sites (tertiary alicyclic amines) is 1. The van der Waals surface area contributed by atoms with E-state index in [-0.39, 0.29) is 6.04 Å². The average Bonchev–Trinajstić information content (AvgIpc) is 3.34. The molecule has 1 aliphatic heterocycles. The van der Waals surface area contributed by atoms with Gasteiger partial charge in [0.2, 0.25) is 0 Å². The monoisotopic (exact) mass is 367 g/mol. The maximum Gasteiger partial charge on any atom is 0.173 e. The summed E-state index contributed by atoms with van der Waals surface area (Å²) in [7, 11) is 0. The van der Waals surface area contributed by atoms with Crippen LogP contribution >= 0.6 is 11.3 Å². The molecule has 0 radical (unpaired) electrons. The fraction of sp³-hybridized carbons (Fsp3) is 0.450. The van der Waals surface area contributed by atoms with Gasteiger partial charge in [-0.1, -0.05) is 43.3 Å². The largest absolute Gasteiger partial charge is 0.289 e. The highest BCUT2D eigenvalue weighted by atomic mass is 32.1. The van der Waals surface area contributed by atoms with Crippen LogP contribution in [0.5, 0.6) is 0 Å².